The minimum atomic E-state index is -0.735. The number of nitrogens with zero attached hydrogens (tertiary/aromatic N) is 2. The molecule has 1 aromatic carbocycles. The second kappa shape index (κ2) is 5.96. The van der Waals surface area contributed by atoms with Crippen molar-refractivity contribution in [2.75, 3.05) is 13.7 Å². The molecule has 2 aliphatic rings. The van der Waals surface area contributed by atoms with Crippen LogP contribution in [0.25, 0.3) is 0 Å². The average molecular weight is 356 g/mol. The number of hydrogen-bond acceptors (Lipinski definition) is 3. The maximum absolute atomic E-state index is 12.6. The molecule has 1 N–H and O–H groups in total. The van der Waals surface area contributed by atoms with Gasteiger partial charge in [-0.25, -0.2) is 9.69 Å². The highest BCUT2D eigenvalue weighted by atomic mass is 35.5. The lowest BCUT2D eigenvalue weighted by molar-refractivity contribution is -0.132. The summed E-state index contributed by atoms with van der Waals surface area (Å²) in [5, 5.41) is 3.85. The second-order valence-corrected chi connectivity index (χ2v) is 7.36. The number of halogens is 2. The third-order valence-electron chi connectivity index (χ3n) is 4.51. The van der Waals surface area contributed by atoms with Crippen LogP contribution in [0.15, 0.2) is 18.2 Å². The van der Waals surface area contributed by atoms with Crippen molar-refractivity contribution in [1.29, 1.82) is 0 Å². The number of hydrogen-bond donors (Lipinski definition) is 1. The van der Waals surface area contributed by atoms with Gasteiger partial charge in [-0.15, -0.1) is 0 Å². The van der Waals surface area contributed by atoms with Gasteiger partial charge in [-0.1, -0.05) is 29.3 Å². The van der Waals surface area contributed by atoms with Crippen molar-refractivity contribution >= 4 is 35.1 Å². The molecule has 3 rings (SSSR count). The topological polar surface area (TPSA) is 52.6 Å². The van der Waals surface area contributed by atoms with Gasteiger partial charge in [0, 0.05) is 6.54 Å². The maximum atomic E-state index is 12.6. The van der Waals surface area contributed by atoms with E-state index in [1.54, 1.807) is 12.1 Å². The summed E-state index contributed by atoms with van der Waals surface area (Å²) >= 11 is 11.9. The van der Waals surface area contributed by atoms with Gasteiger partial charge in [0.2, 0.25) is 0 Å². The van der Waals surface area contributed by atoms with E-state index in [0.717, 1.165) is 18.4 Å². The molecule has 124 valence electrons. The van der Waals surface area contributed by atoms with Crippen LogP contribution in [0, 0.1) is 5.92 Å². The third-order valence-corrected chi connectivity index (χ3v) is 5.25. The summed E-state index contributed by atoms with van der Waals surface area (Å²) in [5.41, 5.74) is 0.237. The summed E-state index contributed by atoms with van der Waals surface area (Å²) in [5.74, 6) is 0.135. The Morgan fingerprint density at radius 3 is 2.61 bits per heavy atom. The first-order chi connectivity index (χ1) is 10.8. The summed E-state index contributed by atoms with van der Waals surface area (Å²) in [7, 11) is 1.86. The zero-order valence-electron chi connectivity index (χ0n) is 13.1. The Labute approximate surface area is 145 Å². The molecule has 1 saturated heterocycles. The van der Waals surface area contributed by atoms with Crippen LogP contribution in [-0.2, 0) is 11.3 Å². The van der Waals surface area contributed by atoms with Crippen molar-refractivity contribution in [3.8, 4) is 0 Å². The highest BCUT2D eigenvalue weighted by Gasteiger charge is 2.56. The van der Waals surface area contributed by atoms with Gasteiger partial charge in [0.25, 0.3) is 5.91 Å². The number of rotatable bonds is 5. The first-order valence-electron chi connectivity index (χ1n) is 7.58. The number of carbonyl (C=O) groups is 2. The fraction of sp³-hybridized carbons (Fsp3) is 0.500. The Balaban J connectivity index is 1.65. The smallest absolute Gasteiger partial charge is 0.323 e. The predicted octanol–water partition coefficient (Wildman–Crippen LogP) is 3.10. The van der Waals surface area contributed by atoms with Crippen LogP contribution in [0.2, 0.25) is 10.0 Å². The zero-order valence-corrected chi connectivity index (χ0v) is 14.6. The minimum Gasteiger partial charge on any atom is -0.323 e. The Hall–Kier alpha value is -1.30. The molecule has 0 spiro atoms. The molecule has 1 aliphatic heterocycles. The molecule has 1 aromatic rings. The molecular weight excluding hydrogens is 337 g/mol. The zero-order chi connectivity index (χ0) is 16.8. The van der Waals surface area contributed by atoms with E-state index in [0.29, 0.717) is 16.6 Å². The summed E-state index contributed by atoms with van der Waals surface area (Å²) < 4.78 is 0. The van der Waals surface area contributed by atoms with E-state index < -0.39 is 5.54 Å². The number of imide groups is 1. The highest BCUT2D eigenvalue weighted by Crippen LogP contribution is 2.42. The van der Waals surface area contributed by atoms with Crippen LogP contribution in [0.4, 0.5) is 4.79 Å². The number of nitrogens with one attached hydrogen (secondary N) is 1. The molecule has 1 atom stereocenters. The largest absolute Gasteiger partial charge is 0.326 e. The standard InChI is InChI=1S/C16H19Cl2N3O2/c1-16(11-4-5-11)14(22)21(15(23)19-16)9-20(2)8-10-3-6-12(17)13(18)7-10/h3,6-7,11H,4-5,8-9H2,1-2H3,(H,19,23). The third kappa shape index (κ3) is 3.18. The molecular formula is C16H19Cl2N3O2. The van der Waals surface area contributed by atoms with Gasteiger partial charge in [-0.3, -0.25) is 9.69 Å². The molecule has 5 nitrogen and oxygen atoms in total. The van der Waals surface area contributed by atoms with Gasteiger partial charge in [-0.2, -0.15) is 0 Å². The van der Waals surface area contributed by atoms with Crippen molar-refractivity contribution in [3.63, 3.8) is 0 Å². The Morgan fingerprint density at radius 1 is 1.30 bits per heavy atom. The molecule has 0 radical (unpaired) electrons. The van der Waals surface area contributed by atoms with Gasteiger partial charge < -0.3 is 5.32 Å². The monoisotopic (exact) mass is 355 g/mol. The van der Waals surface area contributed by atoms with E-state index in [-0.39, 0.29) is 24.5 Å². The van der Waals surface area contributed by atoms with Crippen LogP contribution < -0.4 is 5.32 Å². The molecule has 1 saturated carbocycles. The van der Waals surface area contributed by atoms with Gasteiger partial charge in [0.1, 0.15) is 5.54 Å². The van der Waals surface area contributed by atoms with E-state index in [9.17, 15) is 9.59 Å². The molecule has 3 amide bonds. The van der Waals surface area contributed by atoms with E-state index in [1.807, 2.05) is 24.9 Å². The lowest BCUT2D eigenvalue weighted by Crippen LogP contribution is -2.46. The molecule has 0 aromatic heterocycles. The molecule has 2 fully saturated rings. The minimum absolute atomic E-state index is 0.133. The Bertz CT molecular complexity index is 663. The van der Waals surface area contributed by atoms with Crippen LogP contribution in [0.5, 0.6) is 0 Å². The molecule has 7 heteroatoms. The fourth-order valence-electron chi connectivity index (χ4n) is 3.02. The van der Waals surface area contributed by atoms with Gasteiger partial charge >= 0.3 is 6.03 Å². The number of benzene rings is 1. The molecule has 1 heterocycles. The quantitative estimate of drug-likeness (QED) is 0.825. The van der Waals surface area contributed by atoms with Crippen molar-refractivity contribution in [3.05, 3.63) is 33.8 Å². The van der Waals surface area contributed by atoms with Gasteiger partial charge in [0.15, 0.2) is 0 Å². The van der Waals surface area contributed by atoms with Crippen molar-refractivity contribution < 1.29 is 9.59 Å². The van der Waals surface area contributed by atoms with Crippen LogP contribution >= 0.6 is 23.2 Å². The highest BCUT2D eigenvalue weighted by molar-refractivity contribution is 6.42. The fourth-order valence-corrected chi connectivity index (χ4v) is 3.34. The SMILES string of the molecule is CN(Cc1ccc(Cl)c(Cl)c1)CN1C(=O)NC(C)(C2CC2)C1=O. The molecule has 23 heavy (non-hydrogen) atoms. The van der Waals surface area contributed by atoms with E-state index >= 15 is 0 Å². The maximum Gasteiger partial charge on any atom is 0.326 e. The normalized spacial score (nSPS) is 24.5. The molecule has 1 aliphatic carbocycles. The first kappa shape index (κ1) is 16.6. The van der Waals surface area contributed by atoms with Crippen LogP contribution in [-0.4, -0.2) is 41.0 Å². The summed E-state index contributed by atoms with van der Waals surface area (Å²) in [6.07, 6.45) is 1.99. The van der Waals surface area contributed by atoms with E-state index in [2.05, 4.69) is 5.32 Å². The lowest BCUT2D eigenvalue weighted by atomic mass is 9.96. The summed E-state index contributed by atoms with van der Waals surface area (Å²) in [4.78, 5) is 27.9. The van der Waals surface area contributed by atoms with Crippen molar-refractivity contribution in [1.82, 2.24) is 15.1 Å². The predicted molar refractivity (Wildman–Crippen MR) is 89.3 cm³/mol. The number of carbonyl (C=O) groups excluding carboxylic acids is 2. The summed E-state index contributed by atoms with van der Waals surface area (Å²) in [6, 6.07) is 5.10. The molecule has 0 bridgehead atoms. The molecule has 1 unspecified atom stereocenters. The average Bonchev–Trinajstić information content (AvgIpc) is 3.29. The second-order valence-electron chi connectivity index (χ2n) is 6.54. The van der Waals surface area contributed by atoms with Crippen LogP contribution in [0.3, 0.4) is 0 Å². The van der Waals surface area contributed by atoms with E-state index in [1.165, 1.54) is 4.90 Å². The number of urea groups is 1. The lowest BCUT2D eigenvalue weighted by Gasteiger charge is -2.24. The van der Waals surface area contributed by atoms with Gasteiger partial charge in [-0.05, 0) is 50.4 Å². The van der Waals surface area contributed by atoms with Crippen molar-refractivity contribution in [2.24, 2.45) is 5.92 Å². The Kier molecular flexibility index (Phi) is 4.29. The number of amides is 3. The van der Waals surface area contributed by atoms with E-state index in [4.69, 9.17) is 23.2 Å². The Morgan fingerprint density at radius 2 is 2.00 bits per heavy atom. The van der Waals surface area contributed by atoms with Crippen molar-refractivity contribution in [2.45, 2.75) is 31.8 Å². The first-order valence-corrected chi connectivity index (χ1v) is 8.33. The van der Waals surface area contributed by atoms with Gasteiger partial charge in [0.05, 0.1) is 16.7 Å². The van der Waals surface area contributed by atoms with Crippen LogP contribution in [0.1, 0.15) is 25.3 Å². The summed E-state index contributed by atoms with van der Waals surface area (Å²) in [6.45, 7) is 2.63.